The summed E-state index contributed by atoms with van der Waals surface area (Å²) in [6.07, 6.45) is 0. The van der Waals surface area contributed by atoms with Crippen LogP contribution in [0.2, 0.25) is 0 Å². The van der Waals surface area contributed by atoms with E-state index in [2.05, 4.69) is 5.32 Å². The summed E-state index contributed by atoms with van der Waals surface area (Å²) in [4.78, 5) is 36.5. The van der Waals surface area contributed by atoms with E-state index in [1.807, 2.05) is 25.3 Å². The number of aromatic nitrogens is 1. The number of nitrogens with zero attached hydrogens (tertiary/aromatic N) is 1. The lowest BCUT2D eigenvalue weighted by atomic mass is 10.1. The van der Waals surface area contributed by atoms with Crippen LogP contribution in [0.15, 0.2) is 30.3 Å². The Hall–Kier alpha value is -3.13. The second-order valence-corrected chi connectivity index (χ2v) is 6.95. The van der Waals surface area contributed by atoms with Crippen molar-refractivity contribution >= 4 is 17.7 Å². The first kappa shape index (κ1) is 23.2. The number of methoxy groups -OCH3 is 2. The van der Waals surface area contributed by atoms with Crippen LogP contribution in [0, 0.1) is 13.8 Å². The summed E-state index contributed by atoms with van der Waals surface area (Å²) in [6.45, 7) is 5.57. The summed E-state index contributed by atoms with van der Waals surface area (Å²) in [7, 11) is 3.16. The minimum atomic E-state index is -0.688. The summed E-state index contributed by atoms with van der Waals surface area (Å²) in [5.41, 5.74) is 2.62. The standard InChI is InChI=1S/C22H28N2O6/c1-14-10-19(16(3)24(14)15(2)12-28-4)20(25)13-30-21(26)11-23-22(27)17-6-8-18(29-5)9-7-17/h6-10,15H,11-13H2,1-5H3,(H,23,27)/t15-/m1/s1. The van der Waals surface area contributed by atoms with Gasteiger partial charge in [-0.05, 0) is 51.1 Å². The van der Waals surface area contributed by atoms with Crippen molar-refractivity contribution in [2.75, 3.05) is 34.0 Å². The maximum atomic E-state index is 12.5. The molecule has 1 amide bonds. The molecule has 8 nitrogen and oxygen atoms in total. The van der Waals surface area contributed by atoms with Crippen molar-refractivity contribution in [2.45, 2.75) is 26.8 Å². The van der Waals surface area contributed by atoms with Crippen LogP contribution in [0.1, 0.15) is 45.1 Å². The molecule has 0 fully saturated rings. The Kier molecular flexibility index (Phi) is 8.17. The Labute approximate surface area is 176 Å². The monoisotopic (exact) mass is 416 g/mol. The van der Waals surface area contributed by atoms with E-state index in [0.29, 0.717) is 23.5 Å². The fraction of sp³-hybridized carbons (Fsp3) is 0.409. The van der Waals surface area contributed by atoms with Crippen molar-refractivity contribution in [1.29, 1.82) is 0 Å². The van der Waals surface area contributed by atoms with Crippen LogP contribution >= 0.6 is 0 Å². The lowest BCUT2D eigenvalue weighted by molar-refractivity contribution is -0.141. The molecule has 0 saturated carbocycles. The Morgan fingerprint density at radius 2 is 1.77 bits per heavy atom. The van der Waals surface area contributed by atoms with Crippen molar-refractivity contribution < 1.29 is 28.6 Å². The fourth-order valence-electron chi connectivity index (χ4n) is 3.33. The lowest BCUT2D eigenvalue weighted by Crippen LogP contribution is -2.31. The lowest BCUT2D eigenvalue weighted by Gasteiger charge is -2.17. The van der Waals surface area contributed by atoms with Crippen LogP contribution in [0.25, 0.3) is 0 Å². The summed E-state index contributed by atoms with van der Waals surface area (Å²) < 4.78 is 17.3. The van der Waals surface area contributed by atoms with Crippen molar-refractivity contribution in [2.24, 2.45) is 0 Å². The van der Waals surface area contributed by atoms with E-state index in [4.69, 9.17) is 14.2 Å². The molecule has 1 N–H and O–H groups in total. The Balaban J connectivity index is 1.88. The van der Waals surface area contributed by atoms with Crippen LogP contribution in [0.5, 0.6) is 5.75 Å². The molecule has 0 spiro atoms. The highest BCUT2D eigenvalue weighted by Gasteiger charge is 2.20. The zero-order valence-electron chi connectivity index (χ0n) is 18.0. The van der Waals surface area contributed by atoms with E-state index in [9.17, 15) is 14.4 Å². The van der Waals surface area contributed by atoms with Crippen LogP contribution in [-0.2, 0) is 14.3 Å². The second kappa shape index (κ2) is 10.6. The minimum absolute atomic E-state index is 0.0762. The van der Waals surface area contributed by atoms with Gasteiger partial charge in [-0.3, -0.25) is 14.4 Å². The van der Waals surface area contributed by atoms with Crippen molar-refractivity contribution in [3.05, 3.63) is 52.8 Å². The summed E-state index contributed by atoms with van der Waals surface area (Å²) in [6, 6.07) is 8.33. The molecule has 0 aliphatic heterocycles. The average molecular weight is 416 g/mol. The first-order valence-corrected chi connectivity index (χ1v) is 9.56. The number of ketones is 1. The number of nitrogens with one attached hydrogen (secondary N) is 1. The van der Waals surface area contributed by atoms with Gasteiger partial charge in [0.2, 0.25) is 5.78 Å². The van der Waals surface area contributed by atoms with Gasteiger partial charge < -0.3 is 24.1 Å². The zero-order valence-corrected chi connectivity index (χ0v) is 18.0. The molecule has 8 heteroatoms. The predicted molar refractivity (Wildman–Crippen MR) is 111 cm³/mol. The van der Waals surface area contributed by atoms with Crippen molar-refractivity contribution in [3.8, 4) is 5.75 Å². The van der Waals surface area contributed by atoms with Gasteiger partial charge in [0.1, 0.15) is 12.3 Å². The molecule has 0 radical (unpaired) electrons. The Bertz CT molecular complexity index is 901. The molecule has 30 heavy (non-hydrogen) atoms. The highest BCUT2D eigenvalue weighted by Crippen LogP contribution is 2.21. The van der Waals surface area contributed by atoms with Crippen molar-refractivity contribution in [3.63, 3.8) is 0 Å². The molecule has 0 aliphatic carbocycles. The Morgan fingerprint density at radius 1 is 1.10 bits per heavy atom. The third-order valence-electron chi connectivity index (χ3n) is 4.74. The molecule has 1 aromatic carbocycles. The van der Waals surface area contributed by atoms with E-state index < -0.39 is 11.9 Å². The van der Waals surface area contributed by atoms with Gasteiger partial charge in [-0.25, -0.2) is 0 Å². The van der Waals surface area contributed by atoms with Crippen LogP contribution in [0.4, 0.5) is 0 Å². The molecule has 0 unspecified atom stereocenters. The molecule has 162 valence electrons. The van der Waals surface area contributed by atoms with E-state index >= 15 is 0 Å². The van der Waals surface area contributed by atoms with Gasteiger partial charge >= 0.3 is 5.97 Å². The van der Waals surface area contributed by atoms with Gasteiger partial charge in [-0.15, -0.1) is 0 Å². The molecule has 1 heterocycles. The number of rotatable bonds is 10. The van der Waals surface area contributed by atoms with Gasteiger partial charge in [0.15, 0.2) is 6.61 Å². The third kappa shape index (κ3) is 5.70. The topological polar surface area (TPSA) is 95.9 Å². The van der Waals surface area contributed by atoms with Crippen LogP contribution in [0.3, 0.4) is 0 Å². The molecule has 0 aliphatic rings. The number of carbonyl (C=O) groups excluding carboxylic acids is 3. The van der Waals surface area contributed by atoms with Gasteiger partial charge in [0, 0.05) is 29.6 Å². The number of hydrogen-bond acceptors (Lipinski definition) is 6. The molecular weight excluding hydrogens is 388 g/mol. The molecule has 2 aromatic rings. The smallest absolute Gasteiger partial charge is 0.325 e. The molecule has 0 saturated heterocycles. The van der Waals surface area contributed by atoms with Gasteiger partial charge in [-0.1, -0.05) is 0 Å². The summed E-state index contributed by atoms with van der Waals surface area (Å²) in [5.74, 6) is -0.780. The number of aryl methyl sites for hydroxylation is 1. The first-order chi connectivity index (χ1) is 14.3. The minimum Gasteiger partial charge on any atom is -0.497 e. The van der Waals surface area contributed by atoms with E-state index in [-0.39, 0.29) is 25.0 Å². The number of Topliss-reactive ketones (excluding diaryl/α,β-unsaturated/α-hetero) is 1. The van der Waals surface area contributed by atoms with Gasteiger partial charge in [-0.2, -0.15) is 0 Å². The average Bonchev–Trinajstić information content (AvgIpc) is 3.04. The van der Waals surface area contributed by atoms with Gasteiger partial charge in [0.25, 0.3) is 5.91 Å². The number of esters is 1. The number of amides is 1. The van der Waals surface area contributed by atoms with Crippen LogP contribution in [-0.4, -0.2) is 56.2 Å². The highest BCUT2D eigenvalue weighted by molar-refractivity contribution is 6.00. The quantitative estimate of drug-likeness (QED) is 0.472. The van der Waals surface area contributed by atoms with E-state index in [0.717, 1.165) is 11.4 Å². The largest absolute Gasteiger partial charge is 0.497 e. The highest BCUT2D eigenvalue weighted by atomic mass is 16.5. The second-order valence-electron chi connectivity index (χ2n) is 6.95. The summed E-state index contributed by atoms with van der Waals surface area (Å²) >= 11 is 0. The van der Waals surface area contributed by atoms with E-state index in [1.54, 1.807) is 37.4 Å². The fourth-order valence-corrected chi connectivity index (χ4v) is 3.33. The number of ether oxygens (including phenoxy) is 3. The number of hydrogen-bond donors (Lipinski definition) is 1. The first-order valence-electron chi connectivity index (χ1n) is 9.56. The molecule has 1 atom stereocenters. The van der Waals surface area contributed by atoms with Gasteiger partial charge in [0.05, 0.1) is 19.8 Å². The number of benzene rings is 1. The predicted octanol–water partition coefficient (Wildman–Crippen LogP) is 2.48. The zero-order chi connectivity index (χ0) is 22.3. The number of carbonyl (C=O) groups is 3. The Morgan fingerprint density at radius 3 is 2.37 bits per heavy atom. The van der Waals surface area contributed by atoms with Crippen LogP contribution < -0.4 is 10.1 Å². The maximum Gasteiger partial charge on any atom is 0.325 e. The maximum absolute atomic E-state index is 12.5. The molecule has 0 bridgehead atoms. The normalized spacial score (nSPS) is 11.6. The van der Waals surface area contributed by atoms with Crippen molar-refractivity contribution in [1.82, 2.24) is 9.88 Å². The van der Waals surface area contributed by atoms with E-state index in [1.165, 1.54) is 7.11 Å². The molecular formula is C22H28N2O6. The third-order valence-corrected chi connectivity index (χ3v) is 4.74. The molecule has 1 aromatic heterocycles. The summed E-state index contributed by atoms with van der Waals surface area (Å²) in [5, 5.41) is 2.47. The SMILES string of the molecule is COC[C@@H](C)n1c(C)cc(C(=O)COC(=O)CNC(=O)c2ccc(OC)cc2)c1C. The molecule has 2 rings (SSSR count).